The molecule has 1 aromatic carbocycles. The van der Waals surface area contributed by atoms with Gasteiger partial charge >= 0.3 is 0 Å². The summed E-state index contributed by atoms with van der Waals surface area (Å²) in [6.45, 7) is 2.36. The lowest BCUT2D eigenvalue weighted by molar-refractivity contribution is 0.349. The Bertz CT molecular complexity index is 519. The number of rotatable bonds is 3. The minimum absolute atomic E-state index is 0.613. The molecule has 1 fully saturated rings. The second-order valence-corrected chi connectivity index (χ2v) is 5.51. The van der Waals surface area contributed by atoms with Crippen molar-refractivity contribution >= 4 is 5.69 Å². The molecular formula is C16H21N3. The lowest BCUT2D eigenvalue weighted by Gasteiger charge is -2.30. The molecule has 0 aliphatic heterocycles. The Morgan fingerprint density at radius 1 is 1.21 bits per heavy atom. The molecule has 2 unspecified atom stereocenters. The Morgan fingerprint density at radius 2 is 2.11 bits per heavy atom. The standard InChI is InChI=1S/C16H21N3/c1-13-6-2-3-9-16(13)18-14-7-4-8-15(12-14)19-11-5-10-17-19/h4-5,7-8,10-13,16,18H,2-3,6,9H2,1H3. The number of nitrogens with zero attached hydrogens (tertiary/aromatic N) is 2. The van der Waals surface area contributed by atoms with Crippen LogP contribution in [0, 0.1) is 5.92 Å². The zero-order chi connectivity index (χ0) is 13.1. The van der Waals surface area contributed by atoms with Crippen molar-refractivity contribution < 1.29 is 0 Å². The van der Waals surface area contributed by atoms with Crippen molar-refractivity contribution in [3.05, 3.63) is 42.7 Å². The van der Waals surface area contributed by atoms with Crippen LogP contribution >= 0.6 is 0 Å². The fourth-order valence-corrected chi connectivity index (χ4v) is 2.90. The van der Waals surface area contributed by atoms with Crippen molar-refractivity contribution in [1.29, 1.82) is 0 Å². The molecule has 1 saturated carbocycles. The van der Waals surface area contributed by atoms with Crippen LogP contribution in [-0.2, 0) is 0 Å². The van der Waals surface area contributed by atoms with E-state index in [0.717, 1.165) is 11.6 Å². The Labute approximate surface area is 114 Å². The van der Waals surface area contributed by atoms with Gasteiger partial charge < -0.3 is 5.32 Å². The Balaban J connectivity index is 1.76. The molecule has 0 spiro atoms. The smallest absolute Gasteiger partial charge is 0.0666 e. The topological polar surface area (TPSA) is 29.9 Å². The van der Waals surface area contributed by atoms with Crippen LogP contribution in [-0.4, -0.2) is 15.8 Å². The molecule has 1 aliphatic carbocycles. The zero-order valence-corrected chi connectivity index (χ0v) is 11.4. The zero-order valence-electron chi connectivity index (χ0n) is 11.4. The van der Waals surface area contributed by atoms with E-state index in [4.69, 9.17) is 0 Å². The van der Waals surface area contributed by atoms with E-state index >= 15 is 0 Å². The molecule has 1 aromatic heterocycles. The van der Waals surface area contributed by atoms with Crippen LogP contribution in [0.15, 0.2) is 42.7 Å². The van der Waals surface area contributed by atoms with Gasteiger partial charge in [0.15, 0.2) is 0 Å². The molecule has 1 N–H and O–H groups in total. The first-order valence-electron chi connectivity index (χ1n) is 7.19. The molecule has 0 radical (unpaired) electrons. The maximum absolute atomic E-state index is 4.28. The fraction of sp³-hybridized carbons (Fsp3) is 0.438. The highest BCUT2D eigenvalue weighted by atomic mass is 15.3. The van der Waals surface area contributed by atoms with Crippen molar-refractivity contribution in [2.75, 3.05) is 5.32 Å². The number of aromatic nitrogens is 2. The number of nitrogens with one attached hydrogen (secondary N) is 1. The van der Waals surface area contributed by atoms with Gasteiger partial charge in [0.25, 0.3) is 0 Å². The van der Waals surface area contributed by atoms with Crippen LogP contribution in [0.5, 0.6) is 0 Å². The predicted molar refractivity (Wildman–Crippen MR) is 78.6 cm³/mol. The third kappa shape index (κ3) is 2.80. The highest BCUT2D eigenvalue weighted by molar-refractivity contribution is 5.51. The van der Waals surface area contributed by atoms with Gasteiger partial charge in [-0.1, -0.05) is 25.8 Å². The molecule has 0 bridgehead atoms. The van der Waals surface area contributed by atoms with Gasteiger partial charge in [-0.15, -0.1) is 0 Å². The van der Waals surface area contributed by atoms with E-state index in [9.17, 15) is 0 Å². The van der Waals surface area contributed by atoms with Crippen molar-refractivity contribution in [1.82, 2.24) is 9.78 Å². The largest absolute Gasteiger partial charge is 0.382 e. The second kappa shape index (κ2) is 5.47. The monoisotopic (exact) mass is 255 g/mol. The molecule has 100 valence electrons. The molecule has 0 amide bonds. The minimum Gasteiger partial charge on any atom is -0.382 e. The SMILES string of the molecule is CC1CCCCC1Nc1cccc(-n2cccn2)c1. The van der Waals surface area contributed by atoms with Gasteiger partial charge in [-0.2, -0.15) is 5.10 Å². The number of benzene rings is 1. The molecular weight excluding hydrogens is 234 g/mol. The van der Waals surface area contributed by atoms with Crippen molar-refractivity contribution in [3.63, 3.8) is 0 Å². The Morgan fingerprint density at radius 3 is 2.89 bits per heavy atom. The van der Waals surface area contributed by atoms with Gasteiger partial charge in [0.1, 0.15) is 0 Å². The van der Waals surface area contributed by atoms with Gasteiger partial charge in [0, 0.05) is 24.1 Å². The molecule has 2 aromatic rings. The summed E-state index contributed by atoms with van der Waals surface area (Å²) in [7, 11) is 0. The van der Waals surface area contributed by atoms with Crippen LogP contribution in [0.2, 0.25) is 0 Å². The number of hydrogen-bond donors (Lipinski definition) is 1. The van der Waals surface area contributed by atoms with Gasteiger partial charge in [-0.25, -0.2) is 4.68 Å². The Hall–Kier alpha value is -1.77. The van der Waals surface area contributed by atoms with Crippen LogP contribution < -0.4 is 5.32 Å². The molecule has 1 heterocycles. The fourth-order valence-electron chi connectivity index (χ4n) is 2.90. The van der Waals surface area contributed by atoms with E-state index in [1.165, 1.54) is 31.4 Å². The molecule has 3 heteroatoms. The average Bonchev–Trinajstić information content (AvgIpc) is 2.96. The van der Waals surface area contributed by atoms with E-state index in [0.29, 0.717) is 6.04 Å². The lowest BCUT2D eigenvalue weighted by atomic mass is 9.86. The first kappa shape index (κ1) is 12.3. The number of anilines is 1. The number of hydrogen-bond acceptors (Lipinski definition) is 2. The van der Waals surface area contributed by atoms with Crippen molar-refractivity contribution in [2.24, 2.45) is 5.92 Å². The molecule has 3 rings (SSSR count). The third-order valence-electron chi connectivity index (χ3n) is 4.08. The van der Waals surface area contributed by atoms with Crippen LogP contribution in [0.4, 0.5) is 5.69 Å². The molecule has 2 atom stereocenters. The van der Waals surface area contributed by atoms with E-state index in [1.54, 1.807) is 0 Å². The maximum atomic E-state index is 4.28. The quantitative estimate of drug-likeness (QED) is 0.902. The normalized spacial score (nSPS) is 23.2. The maximum Gasteiger partial charge on any atom is 0.0666 e. The van der Waals surface area contributed by atoms with E-state index in [-0.39, 0.29) is 0 Å². The van der Waals surface area contributed by atoms with Crippen molar-refractivity contribution in [2.45, 2.75) is 38.6 Å². The molecule has 19 heavy (non-hydrogen) atoms. The van der Waals surface area contributed by atoms with Crippen molar-refractivity contribution in [3.8, 4) is 5.69 Å². The highest BCUT2D eigenvalue weighted by Crippen LogP contribution is 2.27. The average molecular weight is 255 g/mol. The van der Waals surface area contributed by atoms with E-state index < -0.39 is 0 Å². The predicted octanol–water partition coefficient (Wildman–Crippen LogP) is 3.86. The summed E-state index contributed by atoms with van der Waals surface area (Å²) in [6.07, 6.45) is 9.14. The van der Waals surface area contributed by atoms with Gasteiger partial charge in [0.05, 0.1) is 5.69 Å². The molecule has 1 aliphatic rings. The molecule has 0 saturated heterocycles. The summed E-state index contributed by atoms with van der Waals surface area (Å²) in [6, 6.07) is 11.1. The summed E-state index contributed by atoms with van der Waals surface area (Å²) in [5.74, 6) is 0.766. The van der Waals surface area contributed by atoms with E-state index in [1.807, 2.05) is 23.1 Å². The van der Waals surface area contributed by atoms with Crippen LogP contribution in [0.3, 0.4) is 0 Å². The third-order valence-corrected chi connectivity index (χ3v) is 4.08. The summed E-state index contributed by atoms with van der Waals surface area (Å²) >= 11 is 0. The van der Waals surface area contributed by atoms with Gasteiger partial charge in [-0.05, 0) is 43.0 Å². The second-order valence-electron chi connectivity index (χ2n) is 5.51. The summed E-state index contributed by atoms with van der Waals surface area (Å²) < 4.78 is 1.90. The first-order valence-corrected chi connectivity index (χ1v) is 7.19. The van der Waals surface area contributed by atoms with Gasteiger partial charge in [-0.3, -0.25) is 0 Å². The first-order chi connectivity index (χ1) is 9.33. The minimum atomic E-state index is 0.613. The van der Waals surface area contributed by atoms with Crippen LogP contribution in [0.25, 0.3) is 5.69 Å². The van der Waals surface area contributed by atoms with Gasteiger partial charge in [0.2, 0.25) is 0 Å². The summed E-state index contributed by atoms with van der Waals surface area (Å²) in [5.41, 5.74) is 2.31. The summed E-state index contributed by atoms with van der Waals surface area (Å²) in [4.78, 5) is 0. The molecule has 3 nitrogen and oxygen atoms in total. The Kier molecular flexibility index (Phi) is 3.53. The van der Waals surface area contributed by atoms with Crippen LogP contribution in [0.1, 0.15) is 32.6 Å². The summed E-state index contributed by atoms with van der Waals surface area (Å²) in [5, 5.41) is 7.97. The highest BCUT2D eigenvalue weighted by Gasteiger charge is 2.20. The van der Waals surface area contributed by atoms with E-state index in [2.05, 4.69) is 41.6 Å². The lowest BCUT2D eigenvalue weighted by Crippen LogP contribution is -2.30.